The number of rotatable bonds is 14. The van der Waals surface area contributed by atoms with E-state index >= 15 is 0 Å². The van der Waals surface area contributed by atoms with Gasteiger partial charge in [-0.15, -0.1) is 0 Å². The van der Waals surface area contributed by atoms with Gasteiger partial charge in [0.2, 0.25) is 0 Å². The first-order valence-corrected chi connectivity index (χ1v) is 17.4. The maximum Gasteiger partial charge on any atom is 0.379 e. The zero-order valence-corrected chi connectivity index (χ0v) is 29.2. The van der Waals surface area contributed by atoms with E-state index in [-0.39, 0.29) is 24.2 Å². The number of ether oxygens (including phenoxy) is 2. The summed E-state index contributed by atoms with van der Waals surface area (Å²) in [5.41, 5.74) is 4.02. The maximum atomic E-state index is 14.2. The number of fused-ring (bicyclic) bond motifs is 3. The van der Waals surface area contributed by atoms with Crippen molar-refractivity contribution in [3.63, 3.8) is 0 Å². The highest BCUT2D eigenvalue weighted by molar-refractivity contribution is 7.54. The van der Waals surface area contributed by atoms with Crippen LogP contribution in [0.1, 0.15) is 111 Å². The van der Waals surface area contributed by atoms with Crippen molar-refractivity contribution in [1.29, 1.82) is 0 Å². The molecule has 0 N–H and O–H groups in total. The number of carbonyl (C=O) groups excluding carboxylic acids is 1. The summed E-state index contributed by atoms with van der Waals surface area (Å²) in [6.45, 7) is 22.6. The maximum absolute atomic E-state index is 14.2. The summed E-state index contributed by atoms with van der Waals surface area (Å²) in [7, 11) is -2.15. The van der Waals surface area contributed by atoms with Crippen LogP contribution >= 0.6 is 7.60 Å². The Morgan fingerprint density at radius 2 is 1.63 bits per heavy atom. The van der Waals surface area contributed by atoms with E-state index in [9.17, 15) is 9.36 Å². The lowest BCUT2D eigenvalue weighted by Crippen LogP contribution is -2.31. The fraction of sp³-hybridized carbons (Fsp3) is 0.583. The molecule has 43 heavy (non-hydrogen) atoms. The third-order valence-corrected chi connectivity index (χ3v) is 9.71. The van der Waals surface area contributed by atoms with E-state index in [1.165, 1.54) is 26.9 Å². The Morgan fingerprint density at radius 1 is 0.953 bits per heavy atom. The molecule has 2 aromatic rings. The van der Waals surface area contributed by atoms with Crippen LogP contribution in [0.25, 0.3) is 16.9 Å². The van der Waals surface area contributed by atoms with Crippen molar-refractivity contribution < 1.29 is 27.9 Å². The molecule has 0 bridgehead atoms. The predicted octanol–water partition coefficient (Wildman–Crippen LogP) is 10.8. The highest BCUT2D eigenvalue weighted by atomic mass is 31.2. The number of benzene rings is 2. The van der Waals surface area contributed by atoms with Gasteiger partial charge in [0.25, 0.3) is 0 Å². The van der Waals surface area contributed by atoms with Crippen molar-refractivity contribution in [3.8, 4) is 22.6 Å². The largest absolute Gasteiger partial charge is 0.465 e. The number of esters is 1. The van der Waals surface area contributed by atoms with Crippen LogP contribution < -0.4 is 9.26 Å². The average Bonchev–Trinajstić information content (AvgIpc) is 2.91. The van der Waals surface area contributed by atoms with Gasteiger partial charge in [0.15, 0.2) is 0 Å². The molecule has 0 fully saturated rings. The fourth-order valence-electron chi connectivity index (χ4n) is 5.59. The van der Waals surface area contributed by atoms with Crippen LogP contribution in [-0.4, -0.2) is 25.8 Å². The van der Waals surface area contributed by atoms with Crippen molar-refractivity contribution in [3.05, 3.63) is 53.6 Å². The van der Waals surface area contributed by atoms with E-state index in [0.717, 1.165) is 53.5 Å². The molecule has 2 aromatic carbocycles. The molecule has 1 atom stereocenters. The summed E-state index contributed by atoms with van der Waals surface area (Å²) in [6, 6.07) is 10.1. The zero-order chi connectivity index (χ0) is 32.4. The van der Waals surface area contributed by atoms with E-state index in [0.29, 0.717) is 23.7 Å². The van der Waals surface area contributed by atoms with Crippen LogP contribution in [0, 0.1) is 17.8 Å². The summed E-state index contributed by atoms with van der Waals surface area (Å²) < 4.78 is 37.8. The van der Waals surface area contributed by atoms with Gasteiger partial charge in [-0.05, 0) is 54.7 Å². The number of hydrogen-bond acceptors (Lipinski definition) is 6. The molecule has 3 rings (SSSR count). The van der Waals surface area contributed by atoms with Crippen LogP contribution in [0.4, 0.5) is 0 Å². The minimum Gasteiger partial charge on any atom is -0.465 e. The molecule has 1 heterocycles. The SMILES string of the molecule is C=C1Oc2cc(CCCCC)cc(OP(=O)(CC(C)(C)CC(C)(C)COC(C)=O)OC)c2-c2cc(C)ccc21.CCCC. The smallest absolute Gasteiger partial charge is 0.379 e. The third-order valence-electron chi connectivity index (χ3n) is 7.43. The lowest BCUT2D eigenvalue weighted by molar-refractivity contribution is -0.144. The number of aryl methyl sites for hydroxylation is 2. The highest BCUT2D eigenvalue weighted by Gasteiger charge is 2.39. The molecule has 0 spiro atoms. The van der Waals surface area contributed by atoms with E-state index in [1.807, 2.05) is 58.9 Å². The Kier molecular flexibility index (Phi) is 13.6. The second kappa shape index (κ2) is 16.0. The quantitative estimate of drug-likeness (QED) is 0.120. The van der Waals surface area contributed by atoms with E-state index in [1.54, 1.807) is 0 Å². The minimum absolute atomic E-state index is 0.197. The van der Waals surface area contributed by atoms with Crippen molar-refractivity contribution in [2.75, 3.05) is 19.9 Å². The van der Waals surface area contributed by atoms with Gasteiger partial charge in [-0.1, -0.05) is 104 Å². The Morgan fingerprint density at radius 3 is 2.21 bits per heavy atom. The van der Waals surface area contributed by atoms with Gasteiger partial charge in [0, 0.05) is 25.2 Å². The molecule has 0 radical (unpaired) electrons. The molecule has 0 aliphatic carbocycles. The van der Waals surface area contributed by atoms with E-state index in [2.05, 4.69) is 33.4 Å². The number of carbonyl (C=O) groups is 1. The summed E-state index contributed by atoms with van der Waals surface area (Å²) in [5.74, 6) is 1.43. The van der Waals surface area contributed by atoms with Gasteiger partial charge < -0.3 is 18.5 Å². The van der Waals surface area contributed by atoms with E-state index < -0.39 is 13.0 Å². The van der Waals surface area contributed by atoms with Gasteiger partial charge in [-0.2, -0.15) is 0 Å². The van der Waals surface area contributed by atoms with Crippen molar-refractivity contribution in [2.45, 2.75) is 107 Å². The Bertz CT molecular complexity index is 1290. The lowest BCUT2D eigenvalue weighted by Gasteiger charge is -2.36. The van der Waals surface area contributed by atoms with Gasteiger partial charge in [0.05, 0.1) is 18.3 Å². The molecule has 240 valence electrons. The standard InChI is InChI=1S/C32H45O6P.C4H10/c1-10-11-12-13-25-17-28-30(27-16-22(2)14-15-26(27)23(3)37-28)29(18-25)38-39(34,35-9)21-32(7,8)19-31(5,6)20-36-24(4)33;1-3-4-2/h14-18H,3,10-13,19-21H2,1-2,4-9H3;3-4H2,1-2H3. The van der Waals surface area contributed by atoms with Crippen molar-refractivity contribution in [2.24, 2.45) is 10.8 Å². The van der Waals surface area contributed by atoms with Crippen LogP contribution in [0.15, 0.2) is 36.9 Å². The monoisotopic (exact) mass is 614 g/mol. The average molecular weight is 615 g/mol. The molecule has 7 heteroatoms. The Labute approximate surface area is 261 Å². The van der Waals surface area contributed by atoms with Crippen LogP contribution in [0.2, 0.25) is 0 Å². The summed E-state index contributed by atoms with van der Waals surface area (Å²) >= 11 is 0. The summed E-state index contributed by atoms with van der Waals surface area (Å²) in [4.78, 5) is 11.4. The van der Waals surface area contributed by atoms with Crippen LogP contribution in [-0.2, 0) is 25.0 Å². The molecular weight excluding hydrogens is 559 g/mol. The van der Waals surface area contributed by atoms with Crippen LogP contribution in [0.5, 0.6) is 11.5 Å². The Balaban J connectivity index is 0.00000151. The predicted molar refractivity (Wildman–Crippen MR) is 179 cm³/mol. The molecule has 0 saturated heterocycles. The van der Waals surface area contributed by atoms with Gasteiger partial charge in [-0.3, -0.25) is 4.79 Å². The molecule has 6 nitrogen and oxygen atoms in total. The summed E-state index contributed by atoms with van der Waals surface area (Å²) in [5, 5.41) is 0. The second-order valence-corrected chi connectivity index (χ2v) is 15.4. The molecule has 0 aromatic heterocycles. The third kappa shape index (κ3) is 11.1. The molecule has 0 saturated carbocycles. The Hall–Kier alpha value is -2.56. The summed E-state index contributed by atoms with van der Waals surface area (Å²) in [6.07, 6.45) is 7.64. The second-order valence-electron chi connectivity index (χ2n) is 13.3. The van der Waals surface area contributed by atoms with Gasteiger partial charge in [-0.25, -0.2) is 4.57 Å². The highest BCUT2D eigenvalue weighted by Crippen LogP contribution is 2.57. The molecule has 1 aliphatic heterocycles. The topological polar surface area (TPSA) is 71.1 Å². The van der Waals surface area contributed by atoms with Gasteiger partial charge in [0.1, 0.15) is 17.3 Å². The zero-order valence-electron chi connectivity index (χ0n) is 28.4. The first kappa shape index (κ1) is 36.6. The van der Waals surface area contributed by atoms with Crippen molar-refractivity contribution in [1.82, 2.24) is 0 Å². The molecular formula is C36H55O6P. The number of unbranched alkanes of at least 4 members (excludes halogenated alkanes) is 3. The van der Waals surface area contributed by atoms with Crippen molar-refractivity contribution >= 4 is 19.3 Å². The first-order chi connectivity index (χ1) is 20.1. The van der Waals surface area contributed by atoms with E-state index in [4.69, 9.17) is 18.5 Å². The number of hydrogen-bond donors (Lipinski definition) is 0. The molecule has 1 unspecified atom stereocenters. The first-order valence-electron chi connectivity index (χ1n) is 15.7. The van der Waals surface area contributed by atoms with Crippen LogP contribution in [0.3, 0.4) is 0 Å². The normalized spacial score (nSPS) is 14.0. The lowest BCUT2D eigenvalue weighted by atomic mass is 9.76. The fourth-order valence-corrected chi connectivity index (χ4v) is 7.46. The van der Waals surface area contributed by atoms with Gasteiger partial charge >= 0.3 is 13.6 Å². The minimum atomic E-state index is -3.59. The molecule has 1 aliphatic rings. The molecule has 0 amide bonds.